The summed E-state index contributed by atoms with van der Waals surface area (Å²) in [5.41, 5.74) is -0.468. The Morgan fingerprint density at radius 3 is 2.33 bits per heavy atom. The van der Waals surface area contributed by atoms with E-state index in [-0.39, 0.29) is 18.0 Å². The second-order valence-electron chi connectivity index (χ2n) is 8.75. The number of nitrogens with one attached hydrogen (secondary N) is 2. The number of amides is 2. The number of ether oxygens (including phenoxy) is 1. The van der Waals surface area contributed by atoms with Gasteiger partial charge in [-0.05, 0) is 57.2 Å². The van der Waals surface area contributed by atoms with Gasteiger partial charge in [0.25, 0.3) is 0 Å². The van der Waals surface area contributed by atoms with Gasteiger partial charge in [0.2, 0.25) is 5.91 Å². The lowest BCUT2D eigenvalue weighted by Crippen LogP contribution is -2.50. The van der Waals surface area contributed by atoms with Gasteiger partial charge in [-0.15, -0.1) is 0 Å². The van der Waals surface area contributed by atoms with Crippen LogP contribution in [0.2, 0.25) is 0 Å². The van der Waals surface area contributed by atoms with Gasteiger partial charge >= 0.3 is 12.1 Å². The van der Waals surface area contributed by atoms with Crippen molar-refractivity contribution in [2.45, 2.75) is 77.4 Å². The first-order valence-corrected chi connectivity index (χ1v) is 10.4. The number of anilines is 1. The number of rotatable bonds is 6. The van der Waals surface area contributed by atoms with Crippen LogP contribution in [-0.4, -0.2) is 34.7 Å². The molecule has 1 aliphatic rings. The van der Waals surface area contributed by atoms with Crippen LogP contribution in [0.25, 0.3) is 0 Å². The van der Waals surface area contributed by atoms with Crippen molar-refractivity contribution in [1.29, 1.82) is 0 Å². The van der Waals surface area contributed by atoms with Gasteiger partial charge in [-0.1, -0.05) is 31.7 Å². The Morgan fingerprint density at radius 1 is 1.17 bits per heavy atom. The molecule has 1 aromatic rings. The summed E-state index contributed by atoms with van der Waals surface area (Å²) in [5.74, 6) is -2.38. The first-order valence-electron chi connectivity index (χ1n) is 10.4. The molecular formula is C22H31FN2O5. The molecule has 1 atom stereocenters. The van der Waals surface area contributed by atoms with Crippen LogP contribution >= 0.6 is 0 Å². The highest BCUT2D eigenvalue weighted by molar-refractivity contribution is 5.97. The molecule has 0 bridgehead atoms. The molecule has 1 saturated carbocycles. The van der Waals surface area contributed by atoms with Crippen molar-refractivity contribution in [3.63, 3.8) is 0 Å². The van der Waals surface area contributed by atoms with E-state index in [1.54, 1.807) is 20.8 Å². The number of hydrogen-bond donors (Lipinski definition) is 3. The quantitative estimate of drug-likeness (QED) is 0.594. The summed E-state index contributed by atoms with van der Waals surface area (Å²) >= 11 is 0. The van der Waals surface area contributed by atoms with E-state index in [1.807, 2.05) is 0 Å². The van der Waals surface area contributed by atoms with E-state index in [2.05, 4.69) is 10.6 Å². The maximum atomic E-state index is 14.4. The summed E-state index contributed by atoms with van der Waals surface area (Å²) in [7, 11) is 0. The topological polar surface area (TPSA) is 105 Å². The maximum absolute atomic E-state index is 14.4. The van der Waals surface area contributed by atoms with Crippen LogP contribution in [0.5, 0.6) is 0 Å². The largest absolute Gasteiger partial charge is 0.481 e. The van der Waals surface area contributed by atoms with Crippen molar-refractivity contribution in [3.8, 4) is 0 Å². The molecule has 1 aromatic carbocycles. The molecule has 0 aromatic heterocycles. The Labute approximate surface area is 176 Å². The Balaban J connectivity index is 2.16. The summed E-state index contributed by atoms with van der Waals surface area (Å²) in [5, 5.41) is 14.1. The van der Waals surface area contributed by atoms with Crippen molar-refractivity contribution < 1.29 is 28.6 Å². The number of carboxylic acid groups (broad SMARTS) is 1. The summed E-state index contributed by atoms with van der Waals surface area (Å²) in [6, 6.07) is 3.03. The van der Waals surface area contributed by atoms with Crippen LogP contribution in [0, 0.1) is 11.7 Å². The highest BCUT2D eigenvalue weighted by atomic mass is 19.1. The van der Waals surface area contributed by atoms with Crippen LogP contribution in [-0.2, 0) is 20.7 Å². The molecule has 0 spiro atoms. The fraction of sp³-hybridized carbons (Fsp3) is 0.591. The lowest BCUT2D eigenvalue weighted by atomic mass is 9.91. The van der Waals surface area contributed by atoms with Gasteiger partial charge in [0.05, 0.1) is 12.1 Å². The van der Waals surface area contributed by atoms with Gasteiger partial charge in [0, 0.05) is 0 Å². The van der Waals surface area contributed by atoms with E-state index < -0.39 is 35.4 Å². The zero-order valence-corrected chi connectivity index (χ0v) is 17.8. The smallest absolute Gasteiger partial charge is 0.408 e. The molecule has 1 aliphatic carbocycles. The minimum Gasteiger partial charge on any atom is -0.481 e. The lowest BCUT2D eigenvalue weighted by Gasteiger charge is -2.28. The third-order valence-corrected chi connectivity index (χ3v) is 4.97. The highest BCUT2D eigenvalue weighted by Crippen LogP contribution is 2.27. The molecule has 2 rings (SSSR count). The number of carbonyl (C=O) groups excluding carboxylic acids is 2. The molecule has 0 radical (unpaired) electrons. The second kappa shape index (κ2) is 10.4. The van der Waals surface area contributed by atoms with E-state index in [0.29, 0.717) is 5.56 Å². The van der Waals surface area contributed by atoms with E-state index in [4.69, 9.17) is 9.84 Å². The lowest BCUT2D eigenvalue weighted by molar-refractivity contribution is -0.136. The fourth-order valence-electron chi connectivity index (χ4n) is 3.63. The van der Waals surface area contributed by atoms with Gasteiger partial charge in [-0.2, -0.15) is 0 Å². The fourth-order valence-corrected chi connectivity index (χ4v) is 3.63. The number of aliphatic carboxylic acids is 1. The molecule has 2 amide bonds. The zero-order valence-electron chi connectivity index (χ0n) is 17.8. The van der Waals surface area contributed by atoms with Crippen molar-refractivity contribution in [2.24, 2.45) is 5.92 Å². The first kappa shape index (κ1) is 23.6. The number of hydrogen-bond acceptors (Lipinski definition) is 4. The molecule has 1 fully saturated rings. The van der Waals surface area contributed by atoms with Crippen LogP contribution in [0.4, 0.5) is 14.9 Å². The van der Waals surface area contributed by atoms with Gasteiger partial charge in [0.1, 0.15) is 17.5 Å². The molecule has 8 heteroatoms. The number of benzene rings is 1. The SMILES string of the molecule is CC(C)(C)OC(=O)NC(C(=O)Nc1ccc(CC(=O)O)cc1F)C1CCCCCC1. The number of carbonyl (C=O) groups is 3. The standard InChI is InChI=1S/C22H31FN2O5/c1-22(2,3)30-21(29)25-19(15-8-6-4-5-7-9-15)20(28)24-17-11-10-14(12-16(17)23)13-18(26)27/h10-12,15,19H,4-9,13H2,1-3H3,(H,24,28)(H,25,29)(H,26,27). The van der Waals surface area contributed by atoms with Gasteiger partial charge in [-0.25, -0.2) is 9.18 Å². The minimum absolute atomic E-state index is 0.0567. The molecule has 0 heterocycles. The second-order valence-corrected chi connectivity index (χ2v) is 8.75. The van der Waals surface area contributed by atoms with E-state index in [0.717, 1.165) is 44.6 Å². The van der Waals surface area contributed by atoms with Crippen LogP contribution in [0.15, 0.2) is 18.2 Å². The van der Waals surface area contributed by atoms with Gasteiger partial charge < -0.3 is 20.5 Å². The summed E-state index contributed by atoms with van der Waals surface area (Å²) in [6.07, 6.45) is 4.65. The molecule has 166 valence electrons. The summed E-state index contributed by atoms with van der Waals surface area (Å²) < 4.78 is 19.7. The summed E-state index contributed by atoms with van der Waals surface area (Å²) in [6.45, 7) is 5.21. The predicted octanol–water partition coefficient (Wildman–Crippen LogP) is 4.26. The van der Waals surface area contributed by atoms with E-state index in [1.165, 1.54) is 12.1 Å². The molecular weight excluding hydrogens is 391 g/mol. The number of halogens is 1. The monoisotopic (exact) mass is 422 g/mol. The molecule has 7 nitrogen and oxygen atoms in total. The van der Waals surface area contributed by atoms with Crippen molar-refractivity contribution in [3.05, 3.63) is 29.6 Å². The third-order valence-electron chi connectivity index (χ3n) is 4.97. The predicted molar refractivity (Wildman–Crippen MR) is 111 cm³/mol. The van der Waals surface area contributed by atoms with Crippen molar-refractivity contribution >= 4 is 23.7 Å². The zero-order chi connectivity index (χ0) is 22.3. The number of alkyl carbamates (subject to hydrolysis) is 1. The molecule has 0 saturated heterocycles. The van der Waals surface area contributed by atoms with Gasteiger partial charge in [0.15, 0.2) is 0 Å². The molecule has 1 unspecified atom stereocenters. The average Bonchev–Trinajstić information content (AvgIpc) is 2.89. The molecule has 3 N–H and O–H groups in total. The highest BCUT2D eigenvalue weighted by Gasteiger charge is 2.32. The Bertz CT molecular complexity index is 767. The van der Waals surface area contributed by atoms with E-state index >= 15 is 0 Å². The van der Waals surface area contributed by atoms with Crippen LogP contribution in [0.3, 0.4) is 0 Å². The Kier molecular flexibility index (Phi) is 8.20. The third kappa shape index (κ3) is 7.65. The van der Waals surface area contributed by atoms with Gasteiger partial charge in [-0.3, -0.25) is 9.59 Å². The first-order chi connectivity index (χ1) is 14.0. The van der Waals surface area contributed by atoms with Crippen molar-refractivity contribution in [1.82, 2.24) is 5.32 Å². The summed E-state index contributed by atoms with van der Waals surface area (Å²) in [4.78, 5) is 36.1. The molecule has 30 heavy (non-hydrogen) atoms. The van der Waals surface area contributed by atoms with Crippen LogP contribution in [0.1, 0.15) is 64.9 Å². The Hall–Kier alpha value is -2.64. The maximum Gasteiger partial charge on any atom is 0.408 e. The average molecular weight is 422 g/mol. The van der Waals surface area contributed by atoms with E-state index in [9.17, 15) is 18.8 Å². The van der Waals surface area contributed by atoms with Crippen molar-refractivity contribution in [2.75, 3.05) is 5.32 Å². The number of carboxylic acids is 1. The van der Waals surface area contributed by atoms with Crippen LogP contribution < -0.4 is 10.6 Å². The Morgan fingerprint density at radius 2 is 1.80 bits per heavy atom. The normalized spacial score (nSPS) is 16.3. The molecule has 0 aliphatic heterocycles. The minimum atomic E-state index is -1.07.